The number of hydrogen-bond donors (Lipinski definition) is 2. The molecule has 1 fully saturated rings. The molecule has 0 aromatic rings. The molecule has 1 unspecified atom stereocenters. The van der Waals surface area contributed by atoms with E-state index in [1.54, 1.807) is 0 Å². The van der Waals surface area contributed by atoms with Crippen molar-refractivity contribution in [3.8, 4) is 0 Å². The molecule has 6 heteroatoms. The number of halogens is 1. The Balaban J connectivity index is 0.00000256. The molecule has 0 aromatic carbocycles. The minimum atomic E-state index is -0.269. The van der Waals surface area contributed by atoms with Crippen LogP contribution in [0.4, 0.5) is 0 Å². The molecule has 1 aliphatic heterocycles. The lowest BCUT2D eigenvalue weighted by Crippen LogP contribution is -2.41. The molecule has 0 aliphatic carbocycles. The third kappa shape index (κ3) is 5.89. The molecule has 100 valence electrons. The Labute approximate surface area is 109 Å². The first-order valence-electron chi connectivity index (χ1n) is 5.84. The van der Waals surface area contributed by atoms with Gasteiger partial charge in [0.25, 0.3) is 0 Å². The van der Waals surface area contributed by atoms with Crippen LogP contribution in [0.3, 0.4) is 0 Å². The van der Waals surface area contributed by atoms with Gasteiger partial charge in [-0.1, -0.05) is 0 Å². The lowest BCUT2D eigenvalue weighted by Gasteiger charge is -2.32. The Kier molecular flexibility index (Phi) is 7.91. The number of amides is 2. The van der Waals surface area contributed by atoms with E-state index in [1.165, 1.54) is 0 Å². The maximum atomic E-state index is 11.8. The van der Waals surface area contributed by atoms with Crippen molar-refractivity contribution in [3.05, 3.63) is 0 Å². The average molecular weight is 264 g/mol. The van der Waals surface area contributed by atoms with Crippen molar-refractivity contribution in [1.29, 1.82) is 0 Å². The Morgan fingerprint density at radius 1 is 1.47 bits per heavy atom. The molecular formula is C11H22ClN3O2. The van der Waals surface area contributed by atoms with Crippen LogP contribution in [0, 0.1) is 5.92 Å². The number of nitrogens with two attached hydrogens (primary N) is 1. The van der Waals surface area contributed by atoms with Gasteiger partial charge >= 0.3 is 0 Å². The minimum absolute atomic E-state index is 0. The highest BCUT2D eigenvalue weighted by atomic mass is 35.5. The monoisotopic (exact) mass is 263 g/mol. The number of hydrogen-bond acceptors (Lipinski definition) is 3. The minimum Gasteiger partial charge on any atom is -0.370 e. The summed E-state index contributed by atoms with van der Waals surface area (Å²) in [5.41, 5.74) is 5.17. The molecule has 0 bridgehead atoms. The highest BCUT2D eigenvalue weighted by molar-refractivity contribution is 5.85. The fourth-order valence-corrected chi connectivity index (χ4v) is 2.13. The zero-order chi connectivity index (χ0) is 12.0. The molecule has 1 saturated heterocycles. The number of carbonyl (C=O) groups excluding carboxylic acids is 2. The highest BCUT2D eigenvalue weighted by Gasteiger charge is 2.24. The van der Waals surface area contributed by atoms with Gasteiger partial charge in [-0.25, -0.2) is 0 Å². The zero-order valence-corrected chi connectivity index (χ0v) is 11.1. The van der Waals surface area contributed by atoms with E-state index in [-0.39, 0.29) is 30.1 Å². The summed E-state index contributed by atoms with van der Waals surface area (Å²) in [7, 11) is 1.83. The van der Waals surface area contributed by atoms with Crippen molar-refractivity contribution in [2.24, 2.45) is 11.7 Å². The normalized spacial score (nSPS) is 19.6. The maximum absolute atomic E-state index is 11.8. The van der Waals surface area contributed by atoms with Gasteiger partial charge in [-0.15, -0.1) is 12.4 Å². The topological polar surface area (TPSA) is 75.4 Å². The summed E-state index contributed by atoms with van der Waals surface area (Å²) in [4.78, 5) is 24.4. The Hall–Kier alpha value is -0.810. The SMILES string of the molecule is CNCCC(=O)N1CCCC(CC(N)=O)C1.Cl. The molecule has 2 amide bonds. The molecule has 0 radical (unpaired) electrons. The van der Waals surface area contributed by atoms with E-state index < -0.39 is 0 Å². The number of nitrogens with one attached hydrogen (secondary N) is 1. The molecule has 5 nitrogen and oxygen atoms in total. The van der Waals surface area contributed by atoms with Crippen molar-refractivity contribution in [2.45, 2.75) is 25.7 Å². The summed E-state index contributed by atoms with van der Waals surface area (Å²) >= 11 is 0. The lowest BCUT2D eigenvalue weighted by atomic mass is 9.94. The standard InChI is InChI=1S/C11H21N3O2.ClH/c1-13-5-4-11(16)14-6-2-3-9(8-14)7-10(12)15;/h9,13H,2-8H2,1H3,(H2,12,15);1H. The number of piperidine rings is 1. The molecule has 17 heavy (non-hydrogen) atoms. The van der Waals surface area contributed by atoms with E-state index in [0.717, 1.165) is 19.4 Å². The fraction of sp³-hybridized carbons (Fsp3) is 0.818. The van der Waals surface area contributed by atoms with Crippen LogP contribution in [-0.4, -0.2) is 43.4 Å². The van der Waals surface area contributed by atoms with Crippen molar-refractivity contribution in [1.82, 2.24) is 10.2 Å². The molecule has 1 rings (SSSR count). The molecular weight excluding hydrogens is 242 g/mol. The number of carbonyl (C=O) groups is 2. The lowest BCUT2D eigenvalue weighted by molar-refractivity contribution is -0.133. The van der Waals surface area contributed by atoms with Gasteiger partial charge in [0.05, 0.1) is 0 Å². The first-order chi connectivity index (χ1) is 7.63. The third-order valence-electron chi connectivity index (χ3n) is 2.95. The van der Waals surface area contributed by atoms with Gasteiger partial charge in [-0.3, -0.25) is 9.59 Å². The van der Waals surface area contributed by atoms with Crippen LogP contribution in [0.1, 0.15) is 25.7 Å². The quantitative estimate of drug-likeness (QED) is 0.741. The first kappa shape index (κ1) is 16.2. The summed E-state index contributed by atoms with van der Waals surface area (Å²) in [6.07, 6.45) is 2.90. The van der Waals surface area contributed by atoms with Crippen molar-refractivity contribution >= 4 is 24.2 Å². The van der Waals surface area contributed by atoms with E-state index in [1.807, 2.05) is 11.9 Å². The van der Waals surface area contributed by atoms with Crippen LogP contribution >= 0.6 is 12.4 Å². The molecule has 1 atom stereocenters. The predicted octanol–water partition coefficient (Wildman–Crippen LogP) is 0.132. The van der Waals surface area contributed by atoms with Crippen molar-refractivity contribution < 1.29 is 9.59 Å². The van der Waals surface area contributed by atoms with E-state index in [0.29, 0.717) is 25.9 Å². The van der Waals surface area contributed by atoms with E-state index >= 15 is 0 Å². The van der Waals surface area contributed by atoms with Gasteiger partial charge in [-0.2, -0.15) is 0 Å². The van der Waals surface area contributed by atoms with Gasteiger partial charge in [0.1, 0.15) is 0 Å². The van der Waals surface area contributed by atoms with E-state index in [9.17, 15) is 9.59 Å². The van der Waals surface area contributed by atoms with Crippen LogP contribution in [-0.2, 0) is 9.59 Å². The average Bonchev–Trinajstić information content (AvgIpc) is 2.25. The van der Waals surface area contributed by atoms with Gasteiger partial charge in [-0.05, 0) is 25.8 Å². The van der Waals surface area contributed by atoms with Gasteiger partial charge in [0, 0.05) is 32.5 Å². The predicted molar refractivity (Wildman–Crippen MR) is 68.9 cm³/mol. The fourth-order valence-electron chi connectivity index (χ4n) is 2.13. The summed E-state index contributed by atoms with van der Waals surface area (Å²) < 4.78 is 0. The van der Waals surface area contributed by atoms with Gasteiger partial charge < -0.3 is 16.0 Å². The second kappa shape index (κ2) is 8.31. The molecule has 1 heterocycles. The number of likely N-dealkylation sites (tertiary alicyclic amines) is 1. The van der Waals surface area contributed by atoms with Crippen LogP contribution in [0.25, 0.3) is 0 Å². The number of rotatable bonds is 5. The Bertz CT molecular complexity index is 261. The summed E-state index contributed by atoms with van der Waals surface area (Å²) in [5.74, 6) is 0.155. The first-order valence-corrected chi connectivity index (χ1v) is 5.84. The number of primary amides is 1. The maximum Gasteiger partial charge on any atom is 0.223 e. The molecule has 0 spiro atoms. The summed E-state index contributed by atoms with van der Waals surface area (Å²) in [6.45, 7) is 2.21. The van der Waals surface area contributed by atoms with Gasteiger partial charge in [0.15, 0.2) is 0 Å². The Morgan fingerprint density at radius 3 is 2.76 bits per heavy atom. The smallest absolute Gasteiger partial charge is 0.223 e. The second-order valence-corrected chi connectivity index (χ2v) is 4.37. The summed E-state index contributed by atoms with van der Waals surface area (Å²) in [6, 6.07) is 0. The summed E-state index contributed by atoms with van der Waals surface area (Å²) in [5, 5.41) is 2.96. The van der Waals surface area contributed by atoms with Crippen molar-refractivity contribution in [3.63, 3.8) is 0 Å². The largest absolute Gasteiger partial charge is 0.370 e. The van der Waals surface area contributed by atoms with Crippen molar-refractivity contribution in [2.75, 3.05) is 26.7 Å². The Morgan fingerprint density at radius 2 is 2.18 bits per heavy atom. The number of nitrogens with zero attached hydrogens (tertiary/aromatic N) is 1. The van der Waals surface area contributed by atoms with Gasteiger partial charge in [0.2, 0.25) is 11.8 Å². The second-order valence-electron chi connectivity index (χ2n) is 4.37. The third-order valence-corrected chi connectivity index (χ3v) is 2.95. The van der Waals surface area contributed by atoms with Crippen LogP contribution in [0.15, 0.2) is 0 Å². The highest BCUT2D eigenvalue weighted by Crippen LogP contribution is 2.19. The molecule has 0 aromatic heterocycles. The molecule has 0 saturated carbocycles. The molecule has 3 N–H and O–H groups in total. The van der Waals surface area contributed by atoms with E-state index in [2.05, 4.69) is 5.32 Å². The zero-order valence-electron chi connectivity index (χ0n) is 10.3. The van der Waals surface area contributed by atoms with Crippen LogP contribution in [0.2, 0.25) is 0 Å². The van der Waals surface area contributed by atoms with Crippen LogP contribution in [0.5, 0.6) is 0 Å². The van der Waals surface area contributed by atoms with Crippen LogP contribution < -0.4 is 11.1 Å². The van der Waals surface area contributed by atoms with E-state index in [4.69, 9.17) is 5.73 Å². The molecule has 1 aliphatic rings.